The van der Waals surface area contributed by atoms with E-state index in [4.69, 9.17) is 5.73 Å². The van der Waals surface area contributed by atoms with E-state index in [1.54, 1.807) is 18.6 Å². The quantitative estimate of drug-likeness (QED) is 0.880. The molecule has 7 heteroatoms. The molecule has 104 valence electrons. The van der Waals surface area contributed by atoms with Crippen LogP contribution < -0.4 is 10.6 Å². The second-order valence-electron chi connectivity index (χ2n) is 4.98. The topological polar surface area (TPSA) is 89.9 Å². The molecule has 1 aliphatic heterocycles. The van der Waals surface area contributed by atoms with E-state index in [2.05, 4.69) is 20.0 Å². The fraction of sp³-hybridized carbons (Fsp3) is 0.385. The summed E-state index contributed by atoms with van der Waals surface area (Å²) in [5.41, 5.74) is 6.59. The van der Waals surface area contributed by atoms with Crippen molar-refractivity contribution in [1.29, 1.82) is 0 Å². The van der Waals surface area contributed by atoms with Crippen LogP contribution in [0.25, 0.3) is 0 Å². The Morgan fingerprint density at radius 1 is 1.35 bits per heavy atom. The number of amides is 1. The molecule has 1 atom stereocenters. The molecule has 3 rings (SSSR count). The fourth-order valence-corrected chi connectivity index (χ4v) is 2.38. The van der Waals surface area contributed by atoms with Gasteiger partial charge in [0.1, 0.15) is 5.82 Å². The first kappa shape index (κ1) is 12.6. The van der Waals surface area contributed by atoms with Crippen LogP contribution in [-0.4, -0.2) is 38.7 Å². The average molecular weight is 272 g/mol. The van der Waals surface area contributed by atoms with E-state index in [0.717, 1.165) is 31.0 Å². The van der Waals surface area contributed by atoms with E-state index in [0.29, 0.717) is 5.56 Å². The zero-order valence-corrected chi connectivity index (χ0v) is 11.2. The Morgan fingerprint density at radius 2 is 2.20 bits per heavy atom. The number of hydrogen-bond acceptors (Lipinski definition) is 5. The van der Waals surface area contributed by atoms with Crippen molar-refractivity contribution in [3.63, 3.8) is 0 Å². The molecule has 0 aromatic carbocycles. The van der Waals surface area contributed by atoms with Crippen LogP contribution in [0.15, 0.2) is 24.8 Å². The lowest BCUT2D eigenvalue weighted by Gasteiger charge is -2.17. The van der Waals surface area contributed by atoms with Gasteiger partial charge in [0.25, 0.3) is 5.91 Å². The molecule has 20 heavy (non-hydrogen) atoms. The predicted octanol–water partition coefficient (Wildman–Crippen LogP) is 0.532. The molecule has 2 aromatic rings. The molecule has 0 radical (unpaired) electrons. The summed E-state index contributed by atoms with van der Waals surface area (Å²) in [4.78, 5) is 21.9. The van der Waals surface area contributed by atoms with Gasteiger partial charge in [-0.3, -0.25) is 14.5 Å². The first-order chi connectivity index (χ1) is 9.63. The van der Waals surface area contributed by atoms with Gasteiger partial charge in [0.15, 0.2) is 0 Å². The standard InChI is InChI=1S/C13H16N6O/c1-9-4-16-12(6-15-9)18-3-2-11(8-18)19-7-10(5-17-19)13(14)20/h4-7,11H,2-3,8H2,1H3,(H2,14,20). The van der Waals surface area contributed by atoms with E-state index >= 15 is 0 Å². The van der Waals surface area contributed by atoms with Crippen molar-refractivity contribution in [3.8, 4) is 0 Å². The summed E-state index contributed by atoms with van der Waals surface area (Å²) in [6, 6.07) is 0.228. The third kappa shape index (κ3) is 2.34. The highest BCUT2D eigenvalue weighted by Gasteiger charge is 2.25. The van der Waals surface area contributed by atoms with Crippen molar-refractivity contribution in [1.82, 2.24) is 19.7 Å². The van der Waals surface area contributed by atoms with E-state index in [1.807, 2.05) is 11.6 Å². The Morgan fingerprint density at radius 3 is 2.85 bits per heavy atom. The van der Waals surface area contributed by atoms with Gasteiger partial charge in [0.2, 0.25) is 0 Å². The number of carbonyl (C=O) groups is 1. The van der Waals surface area contributed by atoms with Crippen LogP contribution in [0.3, 0.4) is 0 Å². The van der Waals surface area contributed by atoms with E-state index < -0.39 is 5.91 Å². The zero-order valence-electron chi connectivity index (χ0n) is 11.2. The predicted molar refractivity (Wildman–Crippen MR) is 73.4 cm³/mol. The number of aryl methyl sites for hydroxylation is 1. The lowest BCUT2D eigenvalue weighted by molar-refractivity contribution is 0.1000. The van der Waals surface area contributed by atoms with Crippen LogP contribution in [0.5, 0.6) is 0 Å². The van der Waals surface area contributed by atoms with Crippen molar-refractivity contribution in [3.05, 3.63) is 36.0 Å². The lowest BCUT2D eigenvalue weighted by atomic mass is 10.3. The van der Waals surface area contributed by atoms with Gasteiger partial charge in [-0.25, -0.2) is 4.98 Å². The molecular weight excluding hydrogens is 256 g/mol. The molecule has 1 saturated heterocycles. The van der Waals surface area contributed by atoms with Crippen molar-refractivity contribution in [2.45, 2.75) is 19.4 Å². The normalized spacial score (nSPS) is 18.4. The largest absolute Gasteiger partial charge is 0.366 e. The second-order valence-corrected chi connectivity index (χ2v) is 4.98. The SMILES string of the molecule is Cc1cnc(N2CCC(n3cc(C(N)=O)cn3)C2)cn1. The summed E-state index contributed by atoms with van der Waals surface area (Å²) in [7, 11) is 0. The minimum atomic E-state index is -0.449. The maximum atomic E-state index is 11.1. The van der Waals surface area contributed by atoms with Gasteiger partial charge in [-0.15, -0.1) is 0 Å². The molecule has 1 aliphatic rings. The van der Waals surface area contributed by atoms with Crippen LogP contribution in [-0.2, 0) is 0 Å². The number of carbonyl (C=O) groups excluding carboxylic acids is 1. The number of nitrogens with two attached hydrogens (primary N) is 1. The molecule has 1 fully saturated rings. The minimum absolute atomic E-state index is 0.228. The summed E-state index contributed by atoms with van der Waals surface area (Å²) >= 11 is 0. The van der Waals surface area contributed by atoms with Gasteiger partial charge in [0.05, 0.1) is 35.9 Å². The second kappa shape index (κ2) is 4.92. The first-order valence-electron chi connectivity index (χ1n) is 6.51. The van der Waals surface area contributed by atoms with Crippen molar-refractivity contribution in [2.24, 2.45) is 5.73 Å². The van der Waals surface area contributed by atoms with Gasteiger partial charge >= 0.3 is 0 Å². The van der Waals surface area contributed by atoms with Gasteiger partial charge < -0.3 is 10.6 Å². The van der Waals surface area contributed by atoms with E-state index in [1.165, 1.54) is 6.20 Å². The van der Waals surface area contributed by atoms with Crippen molar-refractivity contribution >= 4 is 11.7 Å². The number of anilines is 1. The fourth-order valence-electron chi connectivity index (χ4n) is 2.38. The summed E-state index contributed by atoms with van der Waals surface area (Å²) in [5.74, 6) is 0.427. The average Bonchev–Trinajstić information content (AvgIpc) is 3.08. The minimum Gasteiger partial charge on any atom is -0.366 e. The van der Waals surface area contributed by atoms with Crippen LogP contribution in [0.2, 0.25) is 0 Å². The molecule has 2 N–H and O–H groups in total. The zero-order chi connectivity index (χ0) is 14.1. The summed E-state index contributed by atoms with van der Waals surface area (Å²) in [6.07, 6.45) is 7.72. The van der Waals surface area contributed by atoms with Gasteiger partial charge in [0, 0.05) is 19.3 Å². The van der Waals surface area contributed by atoms with Crippen molar-refractivity contribution < 1.29 is 4.79 Å². The van der Waals surface area contributed by atoms with Crippen molar-refractivity contribution in [2.75, 3.05) is 18.0 Å². The van der Waals surface area contributed by atoms with Gasteiger partial charge in [-0.2, -0.15) is 5.10 Å². The lowest BCUT2D eigenvalue weighted by Crippen LogP contribution is -2.22. The molecule has 3 heterocycles. The molecular formula is C13H16N6O. The summed E-state index contributed by atoms with van der Waals surface area (Å²) in [6.45, 7) is 3.62. The molecule has 7 nitrogen and oxygen atoms in total. The van der Waals surface area contributed by atoms with Crippen LogP contribution >= 0.6 is 0 Å². The summed E-state index contributed by atoms with van der Waals surface area (Å²) < 4.78 is 1.81. The molecule has 1 unspecified atom stereocenters. The number of primary amides is 1. The monoisotopic (exact) mass is 272 g/mol. The Kier molecular flexibility index (Phi) is 3.09. The van der Waals surface area contributed by atoms with Crippen LogP contribution in [0.1, 0.15) is 28.5 Å². The smallest absolute Gasteiger partial charge is 0.251 e. The highest BCUT2D eigenvalue weighted by atomic mass is 16.1. The Labute approximate surface area is 116 Å². The number of aromatic nitrogens is 4. The molecule has 0 aliphatic carbocycles. The summed E-state index contributed by atoms with van der Waals surface area (Å²) in [5, 5.41) is 4.21. The highest BCUT2D eigenvalue weighted by molar-refractivity contribution is 5.92. The number of hydrogen-bond donors (Lipinski definition) is 1. The van der Waals surface area contributed by atoms with E-state index in [-0.39, 0.29) is 6.04 Å². The Bertz CT molecular complexity index is 620. The molecule has 0 saturated carbocycles. The van der Waals surface area contributed by atoms with E-state index in [9.17, 15) is 4.79 Å². The van der Waals surface area contributed by atoms with Gasteiger partial charge in [-0.1, -0.05) is 0 Å². The van der Waals surface area contributed by atoms with Crippen LogP contribution in [0, 0.1) is 6.92 Å². The number of nitrogens with zero attached hydrogens (tertiary/aromatic N) is 5. The first-order valence-corrected chi connectivity index (χ1v) is 6.51. The molecule has 0 bridgehead atoms. The van der Waals surface area contributed by atoms with Crippen LogP contribution in [0.4, 0.5) is 5.82 Å². The Balaban J connectivity index is 1.72. The number of rotatable bonds is 3. The molecule has 0 spiro atoms. The molecule has 1 amide bonds. The third-order valence-corrected chi connectivity index (χ3v) is 3.51. The maximum Gasteiger partial charge on any atom is 0.251 e. The third-order valence-electron chi connectivity index (χ3n) is 3.51. The Hall–Kier alpha value is -2.44. The molecule has 2 aromatic heterocycles. The highest BCUT2D eigenvalue weighted by Crippen LogP contribution is 2.24. The maximum absolute atomic E-state index is 11.1. The van der Waals surface area contributed by atoms with Gasteiger partial charge in [-0.05, 0) is 13.3 Å².